The fraction of sp³-hybridized carbons (Fsp3) is 0.238. The number of rotatable bonds is 9. The van der Waals surface area contributed by atoms with Crippen LogP contribution in [0.25, 0.3) is 0 Å². The molecule has 0 unspecified atom stereocenters. The number of nitrogens with zero attached hydrogens (tertiary/aromatic N) is 1. The zero-order valence-corrected chi connectivity index (χ0v) is 16.0. The Hall–Kier alpha value is -3.88. The molecule has 0 saturated carbocycles. The van der Waals surface area contributed by atoms with Gasteiger partial charge >= 0.3 is 0 Å². The Kier molecular flexibility index (Phi) is 6.31. The van der Waals surface area contributed by atoms with Crippen LogP contribution in [0.4, 0.5) is 0 Å². The molecule has 0 aliphatic carbocycles. The lowest BCUT2D eigenvalue weighted by molar-refractivity contribution is -0.309. The SMILES string of the molecule is NC(=O)COc1ccc(C2=NO[C@@](CC(=O)[O-])(C(=O)NCc3ccccc3)C2)cc1. The summed E-state index contributed by atoms with van der Waals surface area (Å²) in [5.41, 5.74) is 5.24. The van der Waals surface area contributed by atoms with Gasteiger partial charge in [0.1, 0.15) is 5.75 Å². The maximum absolute atomic E-state index is 12.8. The van der Waals surface area contributed by atoms with Crippen molar-refractivity contribution in [1.29, 1.82) is 0 Å². The quantitative estimate of drug-likeness (QED) is 0.589. The Morgan fingerprint density at radius 1 is 1.13 bits per heavy atom. The van der Waals surface area contributed by atoms with Gasteiger partial charge in [-0.3, -0.25) is 9.59 Å². The summed E-state index contributed by atoms with van der Waals surface area (Å²) in [6, 6.07) is 15.7. The number of aliphatic carboxylic acids is 1. The van der Waals surface area contributed by atoms with Gasteiger partial charge in [0, 0.05) is 25.4 Å². The number of carboxylic acids is 1. The highest BCUT2D eigenvalue weighted by Crippen LogP contribution is 2.31. The first-order valence-electron chi connectivity index (χ1n) is 9.17. The largest absolute Gasteiger partial charge is 0.550 e. The van der Waals surface area contributed by atoms with Gasteiger partial charge in [0.2, 0.25) is 5.60 Å². The molecule has 3 N–H and O–H groups in total. The first-order chi connectivity index (χ1) is 14.4. The van der Waals surface area contributed by atoms with Crippen molar-refractivity contribution >= 4 is 23.5 Å². The fourth-order valence-corrected chi connectivity index (χ4v) is 3.00. The van der Waals surface area contributed by atoms with Crippen molar-refractivity contribution < 1.29 is 29.1 Å². The van der Waals surface area contributed by atoms with Crippen molar-refractivity contribution in [3.8, 4) is 5.75 Å². The zero-order valence-electron chi connectivity index (χ0n) is 16.0. The van der Waals surface area contributed by atoms with Crippen LogP contribution in [0.15, 0.2) is 59.8 Å². The highest BCUT2D eigenvalue weighted by Gasteiger charge is 2.46. The molecule has 0 fully saturated rings. The Balaban J connectivity index is 1.69. The smallest absolute Gasteiger partial charge is 0.268 e. The number of ether oxygens (including phenoxy) is 1. The summed E-state index contributed by atoms with van der Waals surface area (Å²) in [7, 11) is 0. The molecule has 2 aromatic rings. The number of oxime groups is 1. The number of nitrogens with two attached hydrogens (primary N) is 1. The second-order valence-corrected chi connectivity index (χ2v) is 6.80. The monoisotopic (exact) mass is 410 g/mol. The number of primary amides is 1. The van der Waals surface area contributed by atoms with Crippen molar-refractivity contribution in [3.05, 3.63) is 65.7 Å². The van der Waals surface area contributed by atoms with E-state index in [2.05, 4.69) is 10.5 Å². The highest BCUT2D eigenvalue weighted by atomic mass is 16.7. The van der Waals surface area contributed by atoms with Gasteiger partial charge in [-0.05, 0) is 35.4 Å². The first-order valence-corrected chi connectivity index (χ1v) is 9.17. The van der Waals surface area contributed by atoms with E-state index in [9.17, 15) is 19.5 Å². The zero-order chi connectivity index (χ0) is 21.6. The standard InChI is InChI=1S/C21H21N3O6/c22-18(25)13-29-16-8-6-15(7-9-16)17-10-21(30-24-17,11-19(26)27)20(28)23-12-14-4-2-1-3-5-14/h1-9H,10-13H2,(H2,22,25)(H,23,28)(H,26,27)/p-1/t21-/m0/s1. The van der Waals surface area contributed by atoms with E-state index in [1.165, 1.54) is 0 Å². The second-order valence-electron chi connectivity index (χ2n) is 6.80. The summed E-state index contributed by atoms with van der Waals surface area (Å²) in [5, 5.41) is 17.9. The lowest BCUT2D eigenvalue weighted by Gasteiger charge is -2.25. The first kappa shape index (κ1) is 20.8. The average molecular weight is 410 g/mol. The summed E-state index contributed by atoms with van der Waals surface area (Å²) in [6.07, 6.45) is -0.677. The van der Waals surface area contributed by atoms with Crippen LogP contribution in [0.1, 0.15) is 24.0 Å². The van der Waals surface area contributed by atoms with Crippen molar-refractivity contribution in [2.75, 3.05) is 6.61 Å². The Morgan fingerprint density at radius 2 is 1.83 bits per heavy atom. The second kappa shape index (κ2) is 9.08. The molecule has 0 aromatic heterocycles. The molecule has 1 heterocycles. The number of hydrogen-bond donors (Lipinski definition) is 2. The number of carbonyl (C=O) groups is 3. The minimum Gasteiger partial charge on any atom is -0.550 e. The van der Waals surface area contributed by atoms with Crippen molar-refractivity contribution in [2.24, 2.45) is 10.9 Å². The van der Waals surface area contributed by atoms with Crippen LogP contribution >= 0.6 is 0 Å². The van der Waals surface area contributed by atoms with Crippen LogP contribution < -0.4 is 20.9 Å². The maximum atomic E-state index is 12.8. The number of carboxylic acid groups (broad SMARTS) is 1. The van der Waals surface area contributed by atoms with Gasteiger partial charge in [-0.1, -0.05) is 35.5 Å². The molecule has 1 atom stereocenters. The van der Waals surface area contributed by atoms with Crippen LogP contribution in [-0.2, 0) is 25.8 Å². The molecular weight excluding hydrogens is 390 g/mol. The summed E-state index contributed by atoms with van der Waals surface area (Å²) >= 11 is 0. The van der Waals surface area contributed by atoms with E-state index in [1.807, 2.05) is 30.3 Å². The highest BCUT2D eigenvalue weighted by molar-refractivity contribution is 6.06. The van der Waals surface area contributed by atoms with Crippen LogP contribution in [0.2, 0.25) is 0 Å². The summed E-state index contributed by atoms with van der Waals surface area (Å²) in [4.78, 5) is 40.2. The van der Waals surface area contributed by atoms with Gasteiger partial charge in [-0.25, -0.2) is 0 Å². The molecule has 1 aliphatic heterocycles. The molecule has 3 rings (SSSR count). The van der Waals surface area contributed by atoms with E-state index in [-0.39, 0.29) is 19.6 Å². The molecular formula is C21H20N3O6-. The molecule has 30 heavy (non-hydrogen) atoms. The van der Waals surface area contributed by atoms with E-state index in [0.717, 1.165) is 5.56 Å². The third-order valence-electron chi connectivity index (χ3n) is 4.49. The van der Waals surface area contributed by atoms with Crippen LogP contribution in [0.3, 0.4) is 0 Å². The molecule has 0 radical (unpaired) electrons. The third-order valence-corrected chi connectivity index (χ3v) is 4.49. The average Bonchev–Trinajstić information content (AvgIpc) is 3.16. The van der Waals surface area contributed by atoms with E-state index >= 15 is 0 Å². The van der Waals surface area contributed by atoms with Gasteiger partial charge in [0.05, 0.1) is 5.71 Å². The number of nitrogens with one attached hydrogen (secondary N) is 1. The molecule has 156 valence electrons. The van der Waals surface area contributed by atoms with E-state index in [4.69, 9.17) is 15.3 Å². The normalized spacial score (nSPS) is 17.5. The Morgan fingerprint density at radius 3 is 2.47 bits per heavy atom. The number of benzene rings is 2. The molecule has 0 saturated heterocycles. The Labute approximate surface area is 172 Å². The van der Waals surface area contributed by atoms with Gasteiger partial charge in [-0.2, -0.15) is 0 Å². The van der Waals surface area contributed by atoms with E-state index < -0.39 is 29.8 Å². The molecule has 9 heteroatoms. The number of carbonyl (C=O) groups excluding carboxylic acids is 3. The Bertz CT molecular complexity index is 958. The van der Waals surface area contributed by atoms with Crippen LogP contribution in [0.5, 0.6) is 5.75 Å². The summed E-state index contributed by atoms with van der Waals surface area (Å²) in [5.74, 6) is -2.17. The van der Waals surface area contributed by atoms with Gasteiger partial charge < -0.3 is 30.5 Å². The molecule has 2 amide bonds. The molecule has 2 aromatic carbocycles. The van der Waals surface area contributed by atoms with E-state index in [1.54, 1.807) is 24.3 Å². The lowest BCUT2D eigenvalue weighted by Crippen LogP contribution is -2.50. The number of amides is 2. The minimum atomic E-state index is -1.69. The fourth-order valence-electron chi connectivity index (χ4n) is 3.00. The predicted molar refractivity (Wildman–Crippen MR) is 104 cm³/mol. The minimum absolute atomic E-state index is 0.0386. The third kappa shape index (κ3) is 5.13. The van der Waals surface area contributed by atoms with Gasteiger partial charge in [-0.15, -0.1) is 0 Å². The van der Waals surface area contributed by atoms with Crippen LogP contribution in [-0.4, -0.2) is 35.7 Å². The lowest BCUT2D eigenvalue weighted by atomic mass is 9.90. The van der Waals surface area contributed by atoms with Crippen molar-refractivity contribution in [2.45, 2.75) is 25.0 Å². The topological polar surface area (TPSA) is 143 Å². The number of hydrogen-bond acceptors (Lipinski definition) is 7. The van der Waals surface area contributed by atoms with Gasteiger partial charge in [0.15, 0.2) is 6.61 Å². The van der Waals surface area contributed by atoms with Crippen molar-refractivity contribution in [3.63, 3.8) is 0 Å². The summed E-state index contributed by atoms with van der Waals surface area (Å²) < 4.78 is 5.20. The molecule has 1 aliphatic rings. The predicted octanol–water partition coefficient (Wildman–Crippen LogP) is -0.130. The van der Waals surface area contributed by atoms with Crippen LogP contribution in [0, 0.1) is 0 Å². The van der Waals surface area contributed by atoms with E-state index in [0.29, 0.717) is 17.0 Å². The molecule has 0 spiro atoms. The summed E-state index contributed by atoms with van der Waals surface area (Å²) in [6.45, 7) is -0.0290. The maximum Gasteiger partial charge on any atom is 0.268 e. The molecule has 9 nitrogen and oxygen atoms in total. The van der Waals surface area contributed by atoms with Crippen molar-refractivity contribution in [1.82, 2.24) is 5.32 Å². The molecule has 0 bridgehead atoms. The van der Waals surface area contributed by atoms with Gasteiger partial charge in [0.25, 0.3) is 11.8 Å².